The monoisotopic (exact) mass is 277 g/mol. The number of aryl methyl sites for hydroxylation is 2. The number of fused-ring (bicyclic) bond motifs is 1. The van der Waals surface area contributed by atoms with E-state index in [1.165, 1.54) is 25.7 Å². The van der Waals surface area contributed by atoms with Crippen molar-refractivity contribution in [3.63, 3.8) is 0 Å². The molecule has 0 amide bonds. The number of anilines is 1. The van der Waals surface area contributed by atoms with E-state index in [-0.39, 0.29) is 0 Å². The van der Waals surface area contributed by atoms with Crippen LogP contribution >= 0.6 is 0 Å². The first-order chi connectivity index (χ1) is 9.70. The van der Waals surface area contributed by atoms with Crippen LogP contribution in [0.25, 0.3) is 11.2 Å². The molecule has 1 aliphatic carbocycles. The summed E-state index contributed by atoms with van der Waals surface area (Å²) >= 11 is 0. The molecule has 0 aliphatic heterocycles. The number of imidazole rings is 1. The van der Waals surface area contributed by atoms with Gasteiger partial charge in [0, 0.05) is 7.05 Å². The van der Waals surface area contributed by atoms with Gasteiger partial charge in [-0.15, -0.1) is 0 Å². The smallest absolute Gasteiger partial charge is 0.202 e. The maximum absolute atomic E-state index is 6.04. The summed E-state index contributed by atoms with van der Waals surface area (Å²) in [5, 5.41) is 4.49. The van der Waals surface area contributed by atoms with Crippen LogP contribution in [0.5, 0.6) is 0 Å². The highest BCUT2D eigenvalue weighted by atomic mass is 16.5. The van der Waals surface area contributed by atoms with E-state index in [2.05, 4.69) is 17.0 Å². The summed E-state index contributed by atoms with van der Waals surface area (Å²) in [5.41, 5.74) is 8.96. The molecule has 110 valence electrons. The van der Waals surface area contributed by atoms with Crippen molar-refractivity contribution in [2.75, 3.05) is 12.3 Å². The number of aromatic nitrogens is 4. The van der Waals surface area contributed by atoms with E-state index in [1.807, 2.05) is 16.3 Å². The molecule has 0 radical (unpaired) electrons. The second kappa shape index (κ2) is 5.44. The fourth-order valence-electron chi connectivity index (χ4n) is 3.08. The van der Waals surface area contributed by atoms with E-state index in [4.69, 9.17) is 10.5 Å². The highest BCUT2D eigenvalue weighted by Crippen LogP contribution is 2.23. The van der Waals surface area contributed by atoms with E-state index >= 15 is 0 Å². The Bertz CT molecular complexity index is 594. The van der Waals surface area contributed by atoms with Gasteiger partial charge in [-0.1, -0.05) is 19.8 Å². The Balaban J connectivity index is 1.76. The molecule has 0 saturated heterocycles. The third kappa shape index (κ3) is 2.28. The van der Waals surface area contributed by atoms with Gasteiger partial charge in [-0.05, 0) is 19.3 Å². The number of hydrogen-bond acceptors (Lipinski definition) is 4. The Morgan fingerprint density at radius 2 is 2.10 bits per heavy atom. The van der Waals surface area contributed by atoms with Crippen molar-refractivity contribution in [3.8, 4) is 0 Å². The molecule has 2 heterocycles. The minimum atomic E-state index is 0.438. The largest absolute Gasteiger partial charge is 0.376 e. The summed E-state index contributed by atoms with van der Waals surface area (Å²) in [5.74, 6) is 0.553. The maximum atomic E-state index is 6.04. The lowest BCUT2D eigenvalue weighted by Gasteiger charge is -2.12. The highest BCUT2D eigenvalue weighted by molar-refractivity contribution is 5.77. The molecule has 20 heavy (non-hydrogen) atoms. The van der Waals surface area contributed by atoms with Crippen molar-refractivity contribution < 1.29 is 4.74 Å². The van der Waals surface area contributed by atoms with Crippen molar-refractivity contribution in [2.24, 2.45) is 7.05 Å². The lowest BCUT2D eigenvalue weighted by molar-refractivity contribution is 0.0536. The molecule has 0 unspecified atom stereocenters. The average molecular weight is 277 g/mol. The minimum Gasteiger partial charge on any atom is -0.376 e. The molecule has 0 atom stereocenters. The van der Waals surface area contributed by atoms with Crippen LogP contribution in [0.4, 0.5) is 5.95 Å². The fourth-order valence-corrected chi connectivity index (χ4v) is 3.08. The molecule has 6 nitrogen and oxygen atoms in total. The average Bonchev–Trinajstić information content (AvgIpc) is 3.10. The first kappa shape index (κ1) is 13.4. The standard InChI is InChI=1S/C14H23N5O/c1-3-11-12-13(18(2)17-11)19(14(15)16-12)8-9-20-10-6-4-5-7-10/h10H,3-9H2,1-2H3,(H2,15,16). The van der Waals surface area contributed by atoms with Crippen molar-refractivity contribution in [2.45, 2.75) is 51.7 Å². The molecule has 0 spiro atoms. The Morgan fingerprint density at radius 1 is 1.35 bits per heavy atom. The van der Waals surface area contributed by atoms with E-state index in [9.17, 15) is 0 Å². The highest BCUT2D eigenvalue weighted by Gasteiger charge is 2.18. The van der Waals surface area contributed by atoms with Gasteiger partial charge in [0.2, 0.25) is 5.95 Å². The lowest BCUT2D eigenvalue weighted by Crippen LogP contribution is -2.15. The van der Waals surface area contributed by atoms with Crippen LogP contribution in [-0.4, -0.2) is 32.0 Å². The fraction of sp³-hybridized carbons (Fsp3) is 0.714. The number of hydrogen-bond donors (Lipinski definition) is 1. The SMILES string of the molecule is CCc1nn(C)c2c1nc(N)n2CCOC1CCCC1. The van der Waals surface area contributed by atoms with Crippen molar-refractivity contribution in [1.29, 1.82) is 0 Å². The van der Waals surface area contributed by atoms with Crippen LogP contribution in [0.1, 0.15) is 38.3 Å². The number of ether oxygens (including phenoxy) is 1. The van der Waals surface area contributed by atoms with Crippen molar-refractivity contribution >= 4 is 17.1 Å². The van der Waals surface area contributed by atoms with Gasteiger partial charge in [-0.3, -0.25) is 9.25 Å². The van der Waals surface area contributed by atoms with Crippen LogP contribution in [0.3, 0.4) is 0 Å². The van der Waals surface area contributed by atoms with Gasteiger partial charge < -0.3 is 10.5 Å². The van der Waals surface area contributed by atoms with Crippen LogP contribution in [0, 0.1) is 0 Å². The third-order valence-electron chi connectivity index (χ3n) is 4.13. The summed E-state index contributed by atoms with van der Waals surface area (Å²) in [6.07, 6.45) is 6.29. The van der Waals surface area contributed by atoms with E-state index in [1.54, 1.807) is 0 Å². The zero-order chi connectivity index (χ0) is 14.1. The summed E-state index contributed by atoms with van der Waals surface area (Å²) in [4.78, 5) is 4.46. The summed E-state index contributed by atoms with van der Waals surface area (Å²) in [7, 11) is 1.94. The number of rotatable bonds is 5. The molecule has 1 saturated carbocycles. The summed E-state index contributed by atoms with van der Waals surface area (Å²) < 4.78 is 9.80. The quantitative estimate of drug-likeness (QED) is 0.905. The molecule has 0 aromatic carbocycles. The Hall–Kier alpha value is -1.56. The number of nitrogen functional groups attached to an aromatic ring is 1. The Labute approximate surface area is 118 Å². The van der Waals surface area contributed by atoms with E-state index in [0.29, 0.717) is 18.7 Å². The third-order valence-corrected chi connectivity index (χ3v) is 4.13. The van der Waals surface area contributed by atoms with Gasteiger partial charge in [0.25, 0.3) is 0 Å². The van der Waals surface area contributed by atoms with E-state index < -0.39 is 0 Å². The minimum absolute atomic E-state index is 0.438. The van der Waals surface area contributed by atoms with Crippen molar-refractivity contribution in [3.05, 3.63) is 5.69 Å². The molecule has 1 aliphatic rings. The molecule has 0 bridgehead atoms. The van der Waals surface area contributed by atoms with Gasteiger partial charge in [0.05, 0.1) is 24.9 Å². The van der Waals surface area contributed by atoms with Gasteiger partial charge in [-0.25, -0.2) is 4.98 Å². The topological polar surface area (TPSA) is 70.9 Å². The molecule has 1 fully saturated rings. The van der Waals surface area contributed by atoms with Crippen LogP contribution in [0.2, 0.25) is 0 Å². The first-order valence-corrected chi connectivity index (χ1v) is 7.50. The van der Waals surface area contributed by atoms with Crippen LogP contribution < -0.4 is 5.73 Å². The predicted octanol–water partition coefficient (Wildman–Crippen LogP) is 1.87. The van der Waals surface area contributed by atoms with Gasteiger partial charge in [0.1, 0.15) is 5.52 Å². The molecule has 2 aromatic heterocycles. The molecular weight excluding hydrogens is 254 g/mol. The number of nitrogens with zero attached hydrogens (tertiary/aromatic N) is 4. The molecule has 3 rings (SSSR count). The normalized spacial score (nSPS) is 16.5. The van der Waals surface area contributed by atoms with Crippen LogP contribution in [-0.2, 0) is 24.8 Å². The maximum Gasteiger partial charge on any atom is 0.202 e. The number of nitrogens with two attached hydrogens (primary N) is 1. The predicted molar refractivity (Wildman–Crippen MR) is 78.5 cm³/mol. The molecular formula is C14H23N5O. The Kier molecular flexibility index (Phi) is 3.65. The van der Waals surface area contributed by atoms with Crippen LogP contribution in [0.15, 0.2) is 0 Å². The molecule has 6 heteroatoms. The zero-order valence-corrected chi connectivity index (χ0v) is 12.3. The van der Waals surface area contributed by atoms with E-state index in [0.717, 1.165) is 29.8 Å². The van der Waals surface area contributed by atoms with Gasteiger partial charge >= 0.3 is 0 Å². The van der Waals surface area contributed by atoms with Gasteiger partial charge in [-0.2, -0.15) is 5.10 Å². The molecule has 2 aromatic rings. The second-order valence-electron chi connectivity index (χ2n) is 5.49. The molecule has 2 N–H and O–H groups in total. The van der Waals surface area contributed by atoms with Crippen molar-refractivity contribution in [1.82, 2.24) is 19.3 Å². The Morgan fingerprint density at radius 3 is 2.80 bits per heavy atom. The second-order valence-corrected chi connectivity index (χ2v) is 5.49. The summed E-state index contributed by atoms with van der Waals surface area (Å²) in [6, 6.07) is 0. The van der Waals surface area contributed by atoms with Gasteiger partial charge in [0.15, 0.2) is 5.65 Å². The lowest BCUT2D eigenvalue weighted by atomic mass is 10.3. The first-order valence-electron chi connectivity index (χ1n) is 7.50. The summed E-state index contributed by atoms with van der Waals surface area (Å²) in [6.45, 7) is 3.51. The zero-order valence-electron chi connectivity index (χ0n) is 12.3.